The van der Waals surface area contributed by atoms with Crippen LogP contribution in [-0.2, 0) is 0 Å². The van der Waals surface area contributed by atoms with Crippen LogP contribution in [0.5, 0.6) is 0 Å². The van der Waals surface area contributed by atoms with Gasteiger partial charge in [-0.1, -0.05) is 18.0 Å². The van der Waals surface area contributed by atoms with Gasteiger partial charge in [0, 0.05) is 12.6 Å². The summed E-state index contributed by atoms with van der Waals surface area (Å²) in [6, 6.07) is 0.173. The minimum absolute atomic E-state index is 0.173. The van der Waals surface area contributed by atoms with Gasteiger partial charge in [-0.2, -0.15) is 13.2 Å². The first-order valence-electron chi connectivity index (χ1n) is 5.60. The van der Waals surface area contributed by atoms with E-state index in [2.05, 4.69) is 5.16 Å². The Morgan fingerprint density at radius 1 is 1.47 bits per heavy atom. The topological polar surface area (TPSA) is 61.8 Å². The summed E-state index contributed by atoms with van der Waals surface area (Å²) in [6.45, 7) is -0.260. The van der Waals surface area contributed by atoms with Crippen LogP contribution < -0.4 is 5.73 Å². The van der Waals surface area contributed by atoms with Crippen LogP contribution in [0.15, 0.2) is 5.16 Å². The molecule has 1 fully saturated rings. The van der Waals surface area contributed by atoms with Crippen molar-refractivity contribution in [1.29, 1.82) is 0 Å². The van der Waals surface area contributed by atoms with E-state index in [1.54, 1.807) is 11.9 Å². The highest BCUT2D eigenvalue weighted by Crippen LogP contribution is 2.29. The Morgan fingerprint density at radius 3 is 2.41 bits per heavy atom. The smallest absolute Gasteiger partial charge is 0.400 e. The number of halogens is 3. The largest absolute Gasteiger partial charge is 0.409 e. The summed E-state index contributed by atoms with van der Waals surface area (Å²) < 4.78 is 38.1. The van der Waals surface area contributed by atoms with Crippen molar-refractivity contribution in [3.8, 4) is 0 Å². The molecule has 17 heavy (non-hydrogen) atoms. The molecule has 0 heterocycles. The van der Waals surface area contributed by atoms with Crippen LogP contribution in [0.2, 0.25) is 0 Å². The van der Waals surface area contributed by atoms with Crippen LogP contribution >= 0.6 is 0 Å². The molecule has 0 spiro atoms. The van der Waals surface area contributed by atoms with Crippen LogP contribution in [0, 0.1) is 5.92 Å². The summed E-state index contributed by atoms with van der Waals surface area (Å²) >= 11 is 0. The summed E-state index contributed by atoms with van der Waals surface area (Å²) in [5.74, 6) is -2.68. The molecule has 0 amide bonds. The zero-order valence-corrected chi connectivity index (χ0v) is 9.74. The monoisotopic (exact) mass is 253 g/mol. The van der Waals surface area contributed by atoms with Gasteiger partial charge < -0.3 is 15.8 Å². The van der Waals surface area contributed by atoms with Gasteiger partial charge in [0.15, 0.2) is 5.84 Å². The molecule has 0 radical (unpaired) electrons. The van der Waals surface area contributed by atoms with Gasteiger partial charge in [0.1, 0.15) is 5.92 Å². The molecule has 1 saturated carbocycles. The van der Waals surface area contributed by atoms with Gasteiger partial charge >= 0.3 is 6.18 Å². The van der Waals surface area contributed by atoms with Crippen LogP contribution in [0.25, 0.3) is 0 Å². The van der Waals surface area contributed by atoms with Crippen LogP contribution in [-0.4, -0.2) is 41.8 Å². The Balaban J connectivity index is 2.66. The maximum atomic E-state index is 12.7. The molecule has 0 aliphatic heterocycles. The van der Waals surface area contributed by atoms with Gasteiger partial charge in [-0.05, 0) is 19.9 Å². The molecular formula is C10H18F3N3O. The first kappa shape index (κ1) is 14.1. The first-order chi connectivity index (χ1) is 7.86. The predicted octanol–water partition coefficient (Wildman–Crippen LogP) is 1.79. The van der Waals surface area contributed by atoms with E-state index >= 15 is 0 Å². The molecule has 0 saturated heterocycles. The zero-order valence-electron chi connectivity index (χ0n) is 9.74. The fourth-order valence-electron chi connectivity index (χ4n) is 2.22. The molecule has 0 aromatic carbocycles. The minimum atomic E-state index is -4.48. The first-order valence-corrected chi connectivity index (χ1v) is 5.60. The van der Waals surface area contributed by atoms with E-state index in [9.17, 15) is 13.2 Å². The highest BCUT2D eigenvalue weighted by Gasteiger charge is 2.44. The zero-order chi connectivity index (χ0) is 13.1. The van der Waals surface area contributed by atoms with Crippen molar-refractivity contribution in [2.75, 3.05) is 13.6 Å². The average Bonchev–Trinajstić information content (AvgIpc) is 2.76. The van der Waals surface area contributed by atoms with Gasteiger partial charge in [0.05, 0.1) is 0 Å². The molecule has 0 aromatic rings. The van der Waals surface area contributed by atoms with E-state index in [4.69, 9.17) is 10.9 Å². The average molecular weight is 253 g/mol. The Bertz CT molecular complexity index is 274. The van der Waals surface area contributed by atoms with Crippen LogP contribution in [0.3, 0.4) is 0 Å². The highest BCUT2D eigenvalue weighted by atomic mass is 19.4. The molecule has 100 valence electrons. The van der Waals surface area contributed by atoms with Crippen LogP contribution in [0.4, 0.5) is 13.2 Å². The minimum Gasteiger partial charge on any atom is -0.409 e. The van der Waals surface area contributed by atoms with Gasteiger partial charge in [-0.3, -0.25) is 0 Å². The lowest BCUT2D eigenvalue weighted by Crippen LogP contribution is -2.45. The Labute approximate surface area is 98.3 Å². The fraction of sp³-hybridized carbons (Fsp3) is 0.900. The van der Waals surface area contributed by atoms with Crippen LogP contribution in [0.1, 0.15) is 25.7 Å². The third kappa shape index (κ3) is 3.76. The van der Waals surface area contributed by atoms with Gasteiger partial charge in [0.25, 0.3) is 0 Å². The van der Waals surface area contributed by atoms with Crippen molar-refractivity contribution in [2.45, 2.75) is 37.9 Å². The van der Waals surface area contributed by atoms with E-state index in [0.29, 0.717) is 0 Å². The molecule has 1 aliphatic rings. The molecule has 0 bridgehead atoms. The fourth-order valence-corrected chi connectivity index (χ4v) is 2.22. The highest BCUT2D eigenvalue weighted by molar-refractivity contribution is 5.83. The predicted molar refractivity (Wildman–Crippen MR) is 57.8 cm³/mol. The summed E-state index contributed by atoms with van der Waals surface area (Å²) in [5.41, 5.74) is 5.10. The van der Waals surface area contributed by atoms with E-state index in [1.807, 2.05) is 0 Å². The van der Waals surface area contributed by atoms with Crippen molar-refractivity contribution in [3.63, 3.8) is 0 Å². The second-order valence-electron chi connectivity index (χ2n) is 4.50. The second-order valence-corrected chi connectivity index (χ2v) is 4.50. The number of alkyl halides is 3. The molecule has 1 aliphatic carbocycles. The van der Waals surface area contributed by atoms with Crippen molar-refractivity contribution in [1.82, 2.24) is 4.90 Å². The van der Waals surface area contributed by atoms with Gasteiger partial charge in [-0.25, -0.2) is 0 Å². The number of rotatable bonds is 4. The molecule has 1 unspecified atom stereocenters. The number of hydrogen-bond donors (Lipinski definition) is 2. The van der Waals surface area contributed by atoms with E-state index < -0.39 is 17.9 Å². The normalized spacial score (nSPS) is 21.1. The lowest BCUT2D eigenvalue weighted by Gasteiger charge is -2.29. The molecule has 3 N–H and O–H groups in total. The summed E-state index contributed by atoms with van der Waals surface area (Å²) in [7, 11) is 1.65. The molecular weight excluding hydrogens is 235 g/mol. The molecule has 7 heteroatoms. The van der Waals surface area contributed by atoms with Crippen molar-refractivity contribution in [2.24, 2.45) is 16.8 Å². The lowest BCUT2D eigenvalue weighted by atomic mass is 10.1. The van der Waals surface area contributed by atoms with Crippen molar-refractivity contribution in [3.05, 3.63) is 0 Å². The Hall–Kier alpha value is -0.980. The number of hydrogen-bond acceptors (Lipinski definition) is 3. The summed E-state index contributed by atoms with van der Waals surface area (Å²) in [4.78, 5) is 1.66. The third-order valence-electron chi connectivity index (χ3n) is 3.29. The summed E-state index contributed by atoms with van der Waals surface area (Å²) in [6.07, 6.45) is -0.553. The van der Waals surface area contributed by atoms with Gasteiger partial charge in [0.2, 0.25) is 0 Å². The van der Waals surface area contributed by atoms with Crippen molar-refractivity contribution >= 4 is 5.84 Å². The molecule has 1 atom stereocenters. The molecule has 0 aromatic heterocycles. The quantitative estimate of drug-likeness (QED) is 0.347. The van der Waals surface area contributed by atoms with Crippen molar-refractivity contribution < 1.29 is 18.4 Å². The number of amidine groups is 1. The Kier molecular flexibility index (Phi) is 4.62. The van der Waals surface area contributed by atoms with E-state index in [-0.39, 0.29) is 12.6 Å². The van der Waals surface area contributed by atoms with E-state index in [0.717, 1.165) is 25.7 Å². The van der Waals surface area contributed by atoms with E-state index in [1.165, 1.54) is 0 Å². The second kappa shape index (κ2) is 5.57. The summed E-state index contributed by atoms with van der Waals surface area (Å²) in [5, 5.41) is 10.9. The SMILES string of the molecule is CN(CC(C(N)=NO)C(F)(F)F)C1CCCC1. The number of oxime groups is 1. The standard InChI is InChI=1S/C10H18F3N3O/c1-16(7-4-2-3-5-7)6-8(9(14)15-17)10(11,12)13/h7-8,17H,2-6H2,1H3,(H2,14,15). The number of nitrogens with two attached hydrogens (primary N) is 1. The third-order valence-corrected chi connectivity index (χ3v) is 3.29. The molecule has 4 nitrogen and oxygen atoms in total. The number of nitrogens with zero attached hydrogens (tertiary/aromatic N) is 2. The lowest BCUT2D eigenvalue weighted by molar-refractivity contribution is -0.160. The van der Waals surface area contributed by atoms with Gasteiger partial charge in [-0.15, -0.1) is 0 Å². The maximum Gasteiger partial charge on any atom is 0.400 e. The Morgan fingerprint density at radius 2 is 2.00 bits per heavy atom. The molecule has 1 rings (SSSR count). The maximum absolute atomic E-state index is 12.7.